The van der Waals surface area contributed by atoms with Gasteiger partial charge in [-0.2, -0.15) is 5.10 Å². The van der Waals surface area contributed by atoms with Gasteiger partial charge in [-0.3, -0.25) is 4.68 Å². The van der Waals surface area contributed by atoms with Crippen molar-refractivity contribution in [2.24, 2.45) is 0 Å². The number of hydrogen-bond donors (Lipinski definition) is 1. The lowest BCUT2D eigenvalue weighted by Gasteiger charge is -2.22. The van der Waals surface area contributed by atoms with Crippen molar-refractivity contribution >= 4 is 15.9 Å². The molecule has 14 heavy (non-hydrogen) atoms. The summed E-state index contributed by atoms with van der Waals surface area (Å²) in [5, 5.41) is 14.5. The quantitative estimate of drug-likeness (QED) is 0.872. The SMILES string of the molecule is CCn1ncc(Br)c1C1(O)CCOC1. The van der Waals surface area contributed by atoms with E-state index < -0.39 is 5.60 Å². The van der Waals surface area contributed by atoms with Crippen LogP contribution in [-0.4, -0.2) is 28.1 Å². The minimum absolute atomic E-state index is 0.358. The van der Waals surface area contributed by atoms with Crippen molar-refractivity contribution in [3.05, 3.63) is 16.4 Å². The Morgan fingerprint density at radius 2 is 2.57 bits per heavy atom. The van der Waals surface area contributed by atoms with Crippen LogP contribution in [0.4, 0.5) is 0 Å². The monoisotopic (exact) mass is 260 g/mol. The molecule has 1 fully saturated rings. The molecule has 1 aromatic heterocycles. The normalized spacial score (nSPS) is 27.1. The van der Waals surface area contributed by atoms with E-state index >= 15 is 0 Å². The molecule has 1 aliphatic rings. The molecule has 0 amide bonds. The standard InChI is InChI=1S/C9H13BrN2O2/c1-2-12-8(7(10)5-11-12)9(13)3-4-14-6-9/h5,13H,2-4,6H2,1H3. The molecule has 1 aromatic rings. The average Bonchev–Trinajstić information content (AvgIpc) is 2.73. The zero-order valence-electron chi connectivity index (χ0n) is 8.03. The molecule has 0 saturated carbocycles. The number of hydrogen-bond acceptors (Lipinski definition) is 3. The van der Waals surface area contributed by atoms with Crippen molar-refractivity contribution < 1.29 is 9.84 Å². The molecule has 78 valence electrons. The molecular formula is C9H13BrN2O2. The zero-order chi connectivity index (χ0) is 10.2. The van der Waals surface area contributed by atoms with Crippen LogP contribution in [0.1, 0.15) is 19.0 Å². The molecule has 1 N–H and O–H groups in total. The summed E-state index contributed by atoms with van der Waals surface area (Å²) >= 11 is 3.40. The van der Waals surface area contributed by atoms with Gasteiger partial charge < -0.3 is 9.84 Å². The third-order valence-corrected chi connectivity index (χ3v) is 3.12. The van der Waals surface area contributed by atoms with E-state index in [1.54, 1.807) is 10.9 Å². The highest BCUT2D eigenvalue weighted by atomic mass is 79.9. The maximum Gasteiger partial charge on any atom is 0.133 e. The van der Waals surface area contributed by atoms with Crippen molar-refractivity contribution in [1.29, 1.82) is 0 Å². The molecule has 1 atom stereocenters. The smallest absolute Gasteiger partial charge is 0.133 e. The third-order valence-electron chi connectivity index (χ3n) is 2.54. The summed E-state index contributed by atoms with van der Waals surface area (Å²) in [6, 6.07) is 0. The number of aromatic nitrogens is 2. The van der Waals surface area contributed by atoms with Crippen molar-refractivity contribution in [2.45, 2.75) is 25.5 Å². The molecule has 4 nitrogen and oxygen atoms in total. The number of nitrogens with zero attached hydrogens (tertiary/aromatic N) is 2. The van der Waals surface area contributed by atoms with E-state index in [2.05, 4.69) is 21.0 Å². The summed E-state index contributed by atoms with van der Waals surface area (Å²) in [5.41, 5.74) is -0.0387. The number of rotatable bonds is 2. The first-order valence-electron chi connectivity index (χ1n) is 4.69. The van der Waals surface area contributed by atoms with Crippen molar-refractivity contribution in [1.82, 2.24) is 9.78 Å². The maximum absolute atomic E-state index is 10.3. The van der Waals surface area contributed by atoms with Crippen molar-refractivity contribution in [3.8, 4) is 0 Å². The van der Waals surface area contributed by atoms with Crippen LogP contribution in [0.25, 0.3) is 0 Å². The topological polar surface area (TPSA) is 47.3 Å². The van der Waals surface area contributed by atoms with E-state index in [0.29, 0.717) is 19.6 Å². The van der Waals surface area contributed by atoms with Crippen LogP contribution in [0.3, 0.4) is 0 Å². The highest BCUT2D eigenvalue weighted by molar-refractivity contribution is 9.10. The van der Waals surface area contributed by atoms with Gasteiger partial charge in [0, 0.05) is 19.6 Å². The molecule has 0 bridgehead atoms. The fourth-order valence-electron chi connectivity index (χ4n) is 1.81. The van der Waals surface area contributed by atoms with Gasteiger partial charge in [0.1, 0.15) is 5.60 Å². The predicted molar refractivity (Wildman–Crippen MR) is 54.9 cm³/mol. The molecular weight excluding hydrogens is 248 g/mol. The largest absolute Gasteiger partial charge is 0.381 e. The van der Waals surface area contributed by atoms with Crippen molar-refractivity contribution in [2.75, 3.05) is 13.2 Å². The Hall–Kier alpha value is -0.390. The van der Waals surface area contributed by atoms with Crippen LogP contribution in [0.2, 0.25) is 0 Å². The Morgan fingerprint density at radius 3 is 3.14 bits per heavy atom. The van der Waals surface area contributed by atoms with Gasteiger partial charge in [-0.25, -0.2) is 0 Å². The molecule has 2 rings (SSSR count). The average molecular weight is 261 g/mol. The first-order valence-corrected chi connectivity index (χ1v) is 5.48. The fraction of sp³-hybridized carbons (Fsp3) is 0.667. The summed E-state index contributed by atoms with van der Waals surface area (Å²) in [4.78, 5) is 0. The van der Waals surface area contributed by atoms with Gasteiger partial charge in [0.25, 0.3) is 0 Å². The van der Waals surface area contributed by atoms with Gasteiger partial charge >= 0.3 is 0 Å². The minimum atomic E-state index is -0.870. The van der Waals surface area contributed by atoms with Gasteiger partial charge in [-0.15, -0.1) is 0 Å². The van der Waals surface area contributed by atoms with Crippen LogP contribution in [0.15, 0.2) is 10.7 Å². The van der Waals surface area contributed by atoms with Gasteiger partial charge in [0.2, 0.25) is 0 Å². The molecule has 1 aliphatic heterocycles. The molecule has 0 radical (unpaired) electrons. The van der Waals surface area contributed by atoms with Gasteiger partial charge in [0.15, 0.2) is 0 Å². The summed E-state index contributed by atoms with van der Waals surface area (Å²) < 4.78 is 7.88. The summed E-state index contributed by atoms with van der Waals surface area (Å²) in [7, 11) is 0. The van der Waals surface area contributed by atoms with Gasteiger partial charge in [-0.1, -0.05) is 0 Å². The maximum atomic E-state index is 10.3. The van der Waals surface area contributed by atoms with E-state index in [4.69, 9.17) is 4.74 Å². The molecule has 0 aromatic carbocycles. The zero-order valence-corrected chi connectivity index (χ0v) is 9.62. The van der Waals surface area contributed by atoms with Crippen LogP contribution in [0, 0.1) is 0 Å². The van der Waals surface area contributed by atoms with Gasteiger partial charge in [-0.05, 0) is 22.9 Å². The number of aryl methyl sites for hydroxylation is 1. The first kappa shape index (κ1) is 10.1. The lowest BCUT2D eigenvalue weighted by Crippen LogP contribution is -2.29. The summed E-state index contributed by atoms with van der Waals surface area (Å²) in [6.45, 7) is 3.72. The van der Waals surface area contributed by atoms with E-state index in [-0.39, 0.29) is 0 Å². The molecule has 2 heterocycles. The Balaban J connectivity index is 2.42. The number of aliphatic hydroxyl groups is 1. The van der Waals surface area contributed by atoms with Crippen LogP contribution in [-0.2, 0) is 16.9 Å². The molecule has 0 spiro atoms. The van der Waals surface area contributed by atoms with Crippen LogP contribution in [0.5, 0.6) is 0 Å². The first-order chi connectivity index (χ1) is 6.67. The number of ether oxygens (including phenoxy) is 1. The molecule has 1 saturated heterocycles. The number of halogens is 1. The minimum Gasteiger partial charge on any atom is -0.381 e. The van der Waals surface area contributed by atoms with Crippen molar-refractivity contribution in [3.63, 3.8) is 0 Å². The summed E-state index contributed by atoms with van der Waals surface area (Å²) in [6.07, 6.45) is 2.35. The van der Waals surface area contributed by atoms with E-state index in [9.17, 15) is 5.11 Å². The second kappa shape index (κ2) is 3.64. The fourth-order valence-corrected chi connectivity index (χ4v) is 2.47. The Labute approximate surface area is 91.0 Å². The highest BCUT2D eigenvalue weighted by Crippen LogP contribution is 2.34. The van der Waals surface area contributed by atoms with E-state index in [0.717, 1.165) is 16.7 Å². The molecule has 1 unspecified atom stereocenters. The Morgan fingerprint density at radius 1 is 1.79 bits per heavy atom. The molecule has 0 aliphatic carbocycles. The van der Waals surface area contributed by atoms with Gasteiger partial charge in [0.05, 0.1) is 23.0 Å². The van der Waals surface area contributed by atoms with Crippen LogP contribution >= 0.6 is 15.9 Å². The Kier molecular flexibility index (Phi) is 2.64. The lowest BCUT2D eigenvalue weighted by molar-refractivity contribution is 0.0149. The Bertz CT molecular complexity index is 332. The highest BCUT2D eigenvalue weighted by Gasteiger charge is 2.38. The predicted octanol–water partition coefficient (Wildman–Crippen LogP) is 1.27. The third kappa shape index (κ3) is 1.49. The van der Waals surface area contributed by atoms with E-state index in [1.807, 2.05) is 6.92 Å². The lowest BCUT2D eigenvalue weighted by atomic mass is 9.99. The van der Waals surface area contributed by atoms with Crippen LogP contribution < -0.4 is 0 Å². The molecule has 5 heteroatoms. The summed E-state index contributed by atoms with van der Waals surface area (Å²) in [5.74, 6) is 0. The second-order valence-electron chi connectivity index (χ2n) is 3.49. The second-order valence-corrected chi connectivity index (χ2v) is 4.35. The van der Waals surface area contributed by atoms with E-state index in [1.165, 1.54) is 0 Å².